The van der Waals surface area contributed by atoms with E-state index in [-0.39, 0.29) is 17.7 Å². The maximum absolute atomic E-state index is 12.3. The number of tetrazole rings is 1. The van der Waals surface area contributed by atoms with E-state index in [0.717, 1.165) is 0 Å². The van der Waals surface area contributed by atoms with Gasteiger partial charge in [0.25, 0.3) is 5.91 Å². The van der Waals surface area contributed by atoms with Crippen molar-refractivity contribution in [2.45, 2.75) is 51.0 Å². The SMILES string of the molecule is CC(C)(C)c1cc(NC(=O)COC(=O)CC2(n3cnnn3)CCOCC2)on1. The fourth-order valence-corrected chi connectivity index (χ4v) is 2.94. The summed E-state index contributed by atoms with van der Waals surface area (Å²) >= 11 is 0. The van der Waals surface area contributed by atoms with E-state index in [0.29, 0.717) is 31.7 Å². The van der Waals surface area contributed by atoms with E-state index >= 15 is 0 Å². The highest BCUT2D eigenvalue weighted by molar-refractivity contribution is 5.91. The summed E-state index contributed by atoms with van der Waals surface area (Å²) in [5.74, 6) is -0.811. The zero-order valence-electron chi connectivity index (χ0n) is 16.2. The quantitative estimate of drug-likeness (QED) is 0.715. The molecule has 0 radical (unpaired) electrons. The highest BCUT2D eigenvalue weighted by Crippen LogP contribution is 2.32. The molecule has 0 unspecified atom stereocenters. The van der Waals surface area contributed by atoms with Crippen molar-refractivity contribution in [2.75, 3.05) is 25.1 Å². The molecule has 1 aliphatic rings. The van der Waals surface area contributed by atoms with E-state index in [4.69, 9.17) is 14.0 Å². The third kappa shape index (κ3) is 4.71. The van der Waals surface area contributed by atoms with Gasteiger partial charge in [0.05, 0.1) is 17.7 Å². The number of rotatable bonds is 6. The molecule has 0 atom stereocenters. The monoisotopic (exact) mass is 392 g/mol. The Bertz CT molecular complexity index is 804. The molecule has 1 saturated heterocycles. The van der Waals surface area contributed by atoms with Crippen molar-refractivity contribution in [2.24, 2.45) is 0 Å². The molecular weight excluding hydrogens is 368 g/mol. The van der Waals surface area contributed by atoms with Crippen LogP contribution in [0.2, 0.25) is 0 Å². The summed E-state index contributed by atoms with van der Waals surface area (Å²) in [5.41, 5.74) is -0.0996. The second-order valence-corrected chi connectivity index (χ2v) is 7.80. The van der Waals surface area contributed by atoms with E-state index in [2.05, 4.69) is 26.0 Å². The molecule has 11 heteroatoms. The lowest BCUT2D eigenvalue weighted by Crippen LogP contribution is -2.42. The van der Waals surface area contributed by atoms with E-state index in [9.17, 15) is 9.59 Å². The Kier molecular flexibility index (Phi) is 5.73. The Morgan fingerprint density at radius 2 is 2.07 bits per heavy atom. The van der Waals surface area contributed by atoms with Crippen LogP contribution in [-0.4, -0.2) is 57.1 Å². The Morgan fingerprint density at radius 1 is 1.32 bits per heavy atom. The topological polar surface area (TPSA) is 134 Å². The molecule has 1 N–H and O–H groups in total. The number of aromatic nitrogens is 5. The number of esters is 1. The molecule has 0 aromatic carbocycles. The lowest BCUT2D eigenvalue weighted by atomic mass is 9.87. The van der Waals surface area contributed by atoms with Crippen molar-refractivity contribution in [3.8, 4) is 0 Å². The Hall–Kier alpha value is -2.82. The van der Waals surface area contributed by atoms with E-state index in [1.54, 1.807) is 10.7 Å². The first-order valence-electron chi connectivity index (χ1n) is 9.02. The van der Waals surface area contributed by atoms with Gasteiger partial charge in [-0.25, -0.2) is 4.68 Å². The summed E-state index contributed by atoms with van der Waals surface area (Å²) in [6.07, 6.45) is 2.67. The van der Waals surface area contributed by atoms with Gasteiger partial charge in [-0.2, -0.15) is 0 Å². The lowest BCUT2D eigenvalue weighted by molar-refractivity contribution is -0.151. The molecule has 1 fully saturated rings. The number of ether oxygens (including phenoxy) is 2. The van der Waals surface area contributed by atoms with Gasteiger partial charge in [0.2, 0.25) is 5.88 Å². The van der Waals surface area contributed by atoms with Gasteiger partial charge in [-0.05, 0) is 23.3 Å². The zero-order chi connectivity index (χ0) is 20.2. The smallest absolute Gasteiger partial charge is 0.308 e. The van der Waals surface area contributed by atoms with Crippen LogP contribution >= 0.6 is 0 Å². The molecule has 3 heterocycles. The molecular formula is C17H24N6O5. The predicted octanol–water partition coefficient (Wildman–Crippen LogP) is 1.04. The maximum Gasteiger partial charge on any atom is 0.308 e. The van der Waals surface area contributed by atoms with Crippen molar-refractivity contribution < 1.29 is 23.6 Å². The third-order valence-electron chi connectivity index (χ3n) is 4.64. The van der Waals surface area contributed by atoms with Gasteiger partial charge in [-0.3, -0.25) is 14.9 Å². The van der Waals surface area contributed by atoms with Crippen LogP contribution in [0.3, 0.4) is 0 Å². The van der Waals surface area contributed by atoms with E-state index < -0.39 is 24.0 Å². The summed E-state index contributed by atoms with van der Waals surface area (Å²) in [4.78, 5) is 24.4. The molecule has 0 spiro atoms. The molecule has 0 saturated carbocycles. The summed E-state index contributed by atoms with van der Waals surface area (Å²) in [7, 11) is 0. The number of amides is 1. The molecule has 152 valence electrons. The molecule has 0 bridgehead atoms. The molecule has 11 nitrogen and oxygen atoms in total. The average molecular weight is 392 g/mol. The highest BCUT2D eigenvalue weighted by Gasteiger charge is 2.38. The fraction of sp³-hybridized carbons (Fsp3) is 0.647. The van der Waals surface area contributed by atoms with Crippen molar-refractivity contribution >= 4 is 17.8 Å². The van der Waals surface area contributed by atoms with Crippen molar-refractivity contribution in [1.82, 2.24) is 25.4 Å². The van der Waals surface area contributed by atoms with E-state index in [1.165, 1.54) is 6.33 Å². The summed E-state index contributed by atoms with van der Waals surface area (Å²) in [6, 6.07) is 1.65. The van der Waals surface area contributed by atoms with Gasteiger partial charge in [0.1, 0.15) is 6.33 Å². The minimum Gasteiger partial charge on any atom is -0.455 e. The summed E-state index contributed by atoms with van der Waals surface area (Å²) in [6.45, 7) is 6.51. The average Bonchev–Trinajstić information content (AvgIpc) is 3.32. The number of hydrogen-bond acceptors (Lipinski definition) is 9. The molecule has 2 aromatic heterocycles. The number of hydrogen-bond donors (Lipinski definition) is 1. The highest BCUT2D eigenvalue weighted by atomic mass is 16.5. The van der Waals surface area contributed by atoms with E-state index in [1.807, 2.05) is 20.8 Å². The first-order chi connectivity index (χ1) is 13.3. The summed E-state index contributed by atoms with van der Waals surface area (Å²) in [5, 5.41) is 17.7. The van der Waals surface area contributed by atoms with Crippen LogP contribution in [0.4, 0.5) is 5.88 Å². The first kappa shape index (κ1) is 19.9. The van der Waals surface area contributed by atoms with Gasteiger partial charge >= 0.3 is 5.97 Å². The fourth-order valence-electron chi connectivity index (χ4n) is 2.94. The predicted molar refractivity (Wildman–Crippen MR) is 95.3 cm³/mol. The molecule has 3 rings (SSSR count). The van der Waals surface area contributed by atoms with Gasteiger partial charge in [0.15, 0.2) is 6.61 Å². The lowest BCUT2D eigenvalue weighted by Gasteiger charge is -2.35. The summed E-state index contributed by atoms with van der Waals surface area (Å²) < 4.78 is 17.2. The Balaban J connectivity index is 1.53. The Morgan fingerprint density at radius 3 is 2.68 bits per heavy atom. The van der Waals surface area contributed by atoms with Crippen molar-refractivity contribution in [3.05, 3.63) is 18.1 Å². The van der Waals surface area contributed by atoms with Crippen LogP contribution in [0.15, 0.2) is 16.9 Å². The molecule has 0 aliphatic carbocycles. The second-order valence-electron chi connectivity index (χ2n) is 7.80. The minimum atomic E-state index is -0.609. The zero-order valence-corrected chi connectivity index (χ0v) is 16.2. The number of carbonyl (C=O) groups excluding carboxylic acids is 2. The van der Waals surface area contributed by atoms with Crippen molar-refractivity contribution in [3.63, 3.8) is 0 Å². The molecule has 28 heavy (non-hydrogen) atoms. The number of nitrogens with zero attached hydrogens (tertiary/aromatic N) is 5. The number of nitrogens with one attached hydrogen (secondary N) is 1. The van der Waals surface area contributed by atoms with Gasteiger partial charge < -0.3 is 14.0 Å². The van der Waals surface area contributed by atoms with Crippen LogP contribution in [-0.2, 0) is 30.0 Å². The molecule has 1 amide bonds. The van der Waals surface area contributed by atoms with Crippen LogP contribution in [0.25, 0.3) is 0 Å². The van der Waals surface area contributed by atoms with Crippen LogP contribution in [0, 0.1) is 0 Å². The number of anilines is 1. The number of carbonyl (C=O) groups is 2. The Labute approximate surface area is 161 Å². The maximum atomic E-state index is 12.3. The minimum absolute atomic E-state index is 0.0468. The molecule has 1 aliphatic heterocycles. The van der Waals surface area contributed by atoms with Crippen LogP contribution < -0.4 is 5.32 Å². The largest absolute Gasteiger partial charge is 0.455 e. The van der Waals surface area contributed by atoms with Gasteiger partial charge in [0, 0.05) is 24.7 Å². The third-order valence-corrected chi connectivity index (χ3v) is 4.64. The van der Waals surface area contributed by atoms with Crippen LogP contribution in [0.1, 0.15) is 45.7 Å². The molecule has 2 aromatic rings. The van der Waals surface area contributed by atoms with Gasteiger partial charge in [-0.15, -0.1) is 5.10 Å². The second kappa shape index (κ2) is 8.05. The van der Waals surface area contributed by atoms with Gasteiger partial charge in [-0.1, -0.05) is 25.9 Å². The normalized spacial score (nSPS) is 16.5. The van der Waals surface area contributed by atoms with Crippen molar-refractivity contribution in [1.29, 1.82) is 0 Å². The standard InChI is InChI=1S/C17H24N6O5/c1-16(2,3)12-8-14(28-20-12)19-13(24)10-27-15(25)9-17(4-6-26-7-5-17)23-11-18-21-22-23/h8,11H,4-7,9-10H2,1-3H3,(H,19,24). The van der Waals surface area contributed by atoms with Crippen LogP contribution in [0.5, 0.6) is 0 Å². The first-order valence-corrected chi connectivity index (χ1v) is 9.02.